The molecule has 0 bridgehead atoms. The van der Waals surface area contributed by atoms with Crippen molar-refractivity contribution in [2.45, 2.75) is 0 Å². The van der Waals surface area contributed by atoms with Crippen LogP contribution in [0, 0.1) is 0 Å². The van der Waals surface area contributed by atoms with Gasteiger partial charge in [-0.3, -0.25) is 0 Å². The van der Waals surface area contributed by atoms with Gasteiger partial charge in [-0.05, 0) is 0 Å². The van der Waals surface area contributed by atoms with Crippen LogP contribution in [-0.4, -0.2) is 22.7 Å². The maximum Gasteiger partial charge on any atom is 0.278 e. The summed E-state index contributed by atoms with van der Waals surface area (Å²) >= 11 is 0.446. The number of nitrogens with one attached hydrogen (secondary N) is 1. The molecule has 0 aromatic rings. The molecule has 0 amide bonds. The summed E-state index contributed by atoms with van der Waals surface area (Å²) in [6.07, 6.45) is 0. The van der Waals surface area contributed by atoms with Gasteiger partial charge in [0.05, 0.1) is 0 Å². The highest BCUT2D eigenvalue weighted by Crippen LogP contribution is 1.82. The van der Waals surface area contributed by atoms with Crippen molar-refractivity contribution in [3.63, 3.8) is 0 Å². The molecule has 0 aliphatic rings. The maximum absolute atomic E-state index is 9.80. The Hall–Kier alpha value is 0.390. The van der Waals surface area contributed by atoms with Gasteiger partial charge >= 0.3 is 0 Å². The highest BCUT2D eigenvalue weighted by atomic mass is 32.3. The average molecular weight is 133 g/mol. The quantitative estimate of drug-likeness (QED) is 0.376. The van der Waals surface area contributed by atoms with E-state index in [0.717, 1.165) is 0 Å². The molecular weight excluding hydrogens is 132 g/mol. The predicted molar refractivity (Wildman–Crippen MR) is 31.2 cm³/mol. The first-order chi connectivity index (χ1) is 3.06. The van der Waals surface area contributed by atoms with Crippen LogP contribution in [0.2, 0.25) is 0 Å². The monoisotopic (exact) mass is 133 g/mol. The van der Waals surface area contributed by atoms with E-state index in [4.69, 9.17) is 0 Å². The van der Waals surface area contributed by atoms with E-state index in [1.54, 1.807) is 4.13 Å². The molecule has 1 N–H and O–H groups in total. The molecular formula is HB2NO2S2. The second-order valence-corrected chi connectivity index (χ2v) is 2.74. The highest BCUT2D eigenvalue weighted by molar-refractivity contribution is 8.28. The van der Waals surface area contributed by atoms with Gasteiger partial charge in [-0.15, -0.1) is 11.8 Å². The summed E-state index contributed by atoms with van der Waals surface area (Å²) in [6, 6.07) is 0. The molecule has 0 aliphatic carbocycles. The van der Waals surface area contributed by atoms with Gasteiger partial charge in [-0.2, -0.15) is 4.13 Å². The first-order valence-electron chi connectivity index (χ1n) is 1.21. The Kier molecular flexibility index (Phi) is 2.78. The Labute approximate surface area is 49.0 Å². The van der Waals surface area contributed by atoms with Gasteiger partial charge in [0.1, 0.15) is 0 Å². The zero-order chi connectivity index (χ0) is 5.91. The lowest BCUT2D eigenvalue weighted by Gasteiger charge is -1.92. The third-order valence-electron chi connectivity index (χ3n) is 0.164. The van der Waals surface area contributed by atoms with Crippen molar-refractivity contribution in [1.29, 1.82) is 0 Å². The second-order valence-electron chi connectivity index (χ2n) is 0.746. The van der Waals surface area contributed by atoms with Crippen LogP contribution >= 0.6 is 11.8 Å². The van der Waals surface area contributed by atoms with Gasteiger partial charge in [0.15, 0.2) is 17.0 Å². The van der Waals surface area contributed by atoms with Crippen LogP contribution in [0.3, 0.4) is 0 Å². The minimum absolute atomic E-state index is 0.446. The zero-order valence-electron chi connectivity index (χ0n) is 3.29. The Morgan fingerprint density at radius 1 is 1.57 bits per heavy atom. The largest absolute Gasteiger partial charge is 0.278 e. The van der Waals surface area contributed by atoms with E-state index in [2.05, 4.69) is 14.2 Å². The summed E-state index contributed by atoms with van der Waals surface area (Å²) in [5.74, 6) is 0. The molecule has 0 aliphatic heterocycles. The molecule has 3 nitrogen and oxygen atoms in total. The van der Waals surface area contributed by atoms with Crippen molar-refractivity contribution >= 4 is 35.9 Å². The van der Waals surface area contributed by atoms with Gasteiger partial charge in [0.25, 0.3) is 7.12 Å². The molecule has 0 saturated heterocycles. The maximum atomic E-state index is 9.80. The lowest BCUT2D eigenvalue weighted by Crippen LogP contribution is -2.14. The van der Waals surface area contributed by atoms with Crippen molar-refractivity contribution in [2.24, 2.45) is 0 Å². The van der Waals surface area contributed by atoms with E-state index in [0.29, 0.717) is 11.8 Å². The molecule has 0 unspecified atom stereocenters. The first-order valence-corrected chi connectivity index (χ1v) is 3.64. The van der Waals surface area contributed by atoms with E-state index in [-0.39, 0.29) is 0 Å². The molecule has 0 rings (SSSR count). The Balaban J connectivity index is 3.60. The first kappa shape index (κ1) is 7.39. The molecule has 7 heteroatoms. The summed E-state index contributed by atoms with van der Waals surface area (Å²) < 4.78 is 21.3. The molecule has 0 spiro atoms. The van der Waals surface area contributed by atoms with Crippen molar-refractivity contribution in [1.82, 2.24) is 4.13 Å². The van der Waals surface area contributed by atoms with E-state index in [1.165, 1.54) is 0 Å². The number of hydrogen-bond acceptors (Lipinski definition) is 3. The fourth-order valence-corrected chi connectivity index (χ4v) is 0.604. The van der Waals surface area contributed by atoms with E-state index in [1.807, 2.05) is 0 Å². The summed E-state index contributed by atoms with van der Waals surface area (Å²) in [5, 5.41) is 0. The van der Waals surface area contributed by atoms with E-state index < -0.39 is 9.87 Å². The summed E-state index contributed by atoms with van der Waals surface area (Å²) in [4.78, 5) is 0. The average Bonchev–Trinajstić information content (AvgIpc) is 1.30. The fraction of sp³-hybridized carbons (Fsp3) is 0. The third kappa shape index (κ3) is 6.39. The fourth-order valence-electron chi connectivity index (χ4n) is 0.0671. The molecule has 0 aromatic carbocycles. The molecule has 0 atom stereocenters. The normalized spacial score (nSPS) is 11.4. The van der Waals surface area contributed by atoms with Crippen molar-refractivity contribution in [3.05, 3.63) is 0 Å². The van der Waals surface area contributed by atoms with Crippen LogP contribution in [0.15, 0.2) is 0 Å². The summed E-state index contributed by atoms with van der Waals surface area (Å²) in [6.45, 7) is 0. The second kappa shape index (κ2) is 2.64. The summed E-state index contributed by atoms with van der Waals surface area (Å²) in [7, 11) is 5.48. The molecule has 36 valence electrons. The van der Waals surface area contributed by atoms with Crippen LogP contribution in [0.4, 0.5) is 0 Å². The van der Waals surface area contributed by atoms with Crippen molar-refractivity contribution < 1.29 is 8.42 Å². The van der Waals surface area contributed by atoms with Gasteiger partial charge in [-0.25, -0.2) is 8.42 Å². The van der Waals surface area contributed by atoms with E-state index >= 15 is 0 Å². The van der Waals surface area contributed by atoms with Crippen LogP contribution in [0.25, 0.3) is 0 Å². The number of hydrogen-bond donors (Lipinski definition) is 1. The van der Waals surface area contributed by atoms with Gasteiger partial charge in [0.2, 0.25) is 0 Å². The minimum Gasteiger partial charge on any atom is -0.226 e. The Morgan fingerprint density at radius 2 is 2.00 bits per heavy atom. The third-order valence-corrected chi connectivity index (χ3v) is 1.48. The lowest BCUT2D eigenvalue weighted by molar-refractivity contribution is 0.608. The topological polar surface area (TPSA) is 46.2 Å². The predicted octanol–water partition coefficient (Wildman–Crippen LogP) is -1.28. The zero-order valence-corrected chi connectivity index (χ0v) is 4.92. The van der Waals surface area contributed by atoms with Gasteiger partial charge in [0, 0.05) is 0 Å². The molecule has 0 aromatic heterocycles. The highest BCUT2D eigenvalue weighted by Gasteiger charge is 1.93. The standard InChI is InChI=1S/B2HNO2S2/c1-6-3-7(2,4)5/h3H. The van der Waals surface area contributed by atoms with Crippen molar-refractivity contribution in [3.8, 4) is 0 Å². The summed E-state index contributed by atoms with van der Waals surface area (Å²) in [5.41, 5.74) is 0. The van der Waals surface area contributed by atoms with Crippen LogP contribution in [-0.2, 0) is 9.87 Å². The van der Waals surface area contributed by atoms with Crippen LogP contribution < -0.4 is 4.13 Å². The molecule has 0 saturated carbocycles. The Bertz CT molecular complexity index is 127. The smallest absolute Gasteiger partial charge is 0.226 e. The SMILES string of the molecule is [B]SNS([B])(=O)=O. The molecule has 4 radical (unpaired) electrons. The van der Waals surface area contributed by atoms with Crippen molar-refractivity contribution in [2.75, 3.05) is 0 Å². The minimum atomic E-state index is -3.59. The molecule has 0 fully saturated rings. The van der Waals surface area contributed by atoms with Gasteiger partial charge in [-0.1, -0.05) is 0 Å². The van der Waals surface area contributed by atoms with Crippen LogP contribution in [0.1, 0.15) is 0 Å². The van der Waals surface area contributed by atoms with Gasteiger partial charge < -0.3 is 0 Å². The molecule has 0 heterocycles. The van der Waals surface area contributed by atoms with Crippen LogP contribution in [0.5, 0.6) is 0 Å². The Morgan fingerprint density at radius 3 is 2.00 bits per heavy atom. The molecule has 7 heavy (non-hydrogen) atoms. The number of rotatable bonds is 2. The lowest BCUT2D eigenvalue weighted by atomic mass is 10.8. The van der Waals surface area contributed by atoms with E-state index in [9.17, 15) is 8.42 Å².